The number of benzene rings is 1. The Kier molecular flexibility index (Phi) is 5.74. The lowest BCUT2D eigenvalue weighted by molar-refractivity contribution is 0.122. The molecule has 1 atom stereocenters. The zero-order chi connectivity index (χ0) is 13.8. The van der Waals surface area contributed by atoms with Crippen LogP contribution in [-0.2, 0) is 21.3 Å². The molecule has 102 valence electrons. The van der Waals surface area contributed by atoms with Crippen molar-refractivity contribution in [3.63, 3.8) is 0 Å². The SMILES string of the molecule is COC(C)CNS(=O)(=O)c1ccc(CN)cc1Br. The van der Waals surface area contributed by atoms with Gasteiger partial charge in [0.1, 0.15) is 0 Å². The Morgan fingerprint density at radius 1 is 1.50 bits per heavy atom. The van der Waals surface area contributed by atoms with Crippen LogP contribution in [0.4, 0.5) is 0 Å². The van der Waals surface area contributed by atoms with E-state index in [0.29, 0.717) is 11.0 Å². The standard InChI is InChI=1S/C11H17BrN2O3S/c1-8(17-2)7-14-18(15,16)11-4-3-9(6-13)5-10(11)12/h3-5,8,14H,6-7,13H2,1-2H3. The average molecular weight is 337 g/mol. The van der Waals surface area contributed by atoms with Gasteiger partial charge >= 0.3 is 0 Å². The first-order chi connectivity index (χ1) is 8.40. The van der Waals surface area contributed by atoms with Gasteiger partial charge in [0.05, 0.1) is 11.0 Å². The first-order valence-corrected chi connectivity index (χ1v) is 7.69. The van der Waals surface area contributed by atoms with Gasteiger partial charge in [-0.05, 0) is 40.5 Å². The van der Waals surface area contributed by atoms with Crippen molar-refractivity contribution in [2.45, 2.75) is 24.5 Å². The third-order valence-corrected chi connectivity index (χ3v) is 4.88. The number of sulfonamides is 1. The summed E-state index contributed by atoms with van der Waals surface area (Å²) in [4.78, 5) is 0.197. The summed E-state index contributed by atoms with van der Waals surface area (Å²) < 4.78 is 32.1. The fourth-order valence-electron chi connectivity index (χ4n) is 1.28. The van der Waals surface area contributed by atoms with E-state index in [1.54, 1.807) is 19.1 Å². The average Bonchev–Trinajstić information content (AvgIpc) is 2.35. The van der Waals surface area contributed by atoms with Crippen molar-refractivity contribution in [2.75, 3.05) is 13.7 Å². The van der Waals surface area contributed by atoms with Gasteiger partial charge in [0.15, 0.2) is 0 Å². The summed E-state index contributed by atoms with van der Waals surface area (Å²) >= 11 is 3.24. The summed E-state index contributed by atoms with van der Waals surface area (Å²) in [6.07, 6.45) is -0.179. The molecule has 0 aliphatic carbocycles. The van der Waals surface area contributed by atoms with E-state index in [2.05, 4.69) is 20.7 Å². The molecule has 0 amide bonds. The van der Waals surface area contributed by atoms with E-state index in [-0.39, 0.29) is 17.5 Å². The Bertz CT molecular complexity index is 505. The normalized spacial score (nSPS) is 13.6. The molecule has 5 nitrogen and oxygen atoms in total. The van der Waals surface area contributed by atoms with Crippen molar-refractivity contribution < 1.29 is 13.2 Å². The third kappa shape index (κ3) is 4.03. The van der Waals surface area contributed by atoms with Gasteiger partial charge in [-0.2, -0.15) is 0 Å². The van der Waals surface area contributed by atoms with Crippen LogP contribution in [0.1, 0.15) is 12.5 Å². The van der Waals surface area contributed by atoms with Crippen LogP contribution in [-0.4, -0.2) is 28.2 Å². The van der Waals surface area contributed by atoms with Crippen LogP contribution in [0, 0.1) is 0 Å². The Morgan fingerprint density at radius 2 is 2.17 bits per heavy atom. The highest BCUT2D eigenvalue weighted by Crippen LogP contribution is 2.23. The lowest BCUT2D eigenvalue weighted by Crippen LogP contribution is -2.31. The van der Waals surface area contributed by atoms with E-state index in [4.69, 9.17) is 10.5 Å². The van der Waals surface area contributed by atoms with Gasteiger partial charge < -0.3 is 10.5 Å². The van der Waals surface area contributed by atoms with Crippen LogP contribution in [0.5, 0.6) is 0 Å². The maximum Gasteiger partial charge on any atom is 0.241 e. The van der Waals surface area contributed by atoms with E-state index >= 15 is 0 Å². The highest BCUT2D eigenvalue weighted by Gasteiger charge is 2.18. The second kappa shape index (κ2) is 6.63. The number of ether oxygens (including phenoxy) is 1. The van der Waals surface area contributed by atoms with E-state index in [1.807, 2.05) is 0 Å². The van der Waals surface area contributed by atoms with Crippen molar-refractivity contribution in [3.8, 4) is 0 Å². The second-order valence-corrected chi connectivity index (χ2v) is 6.46. The number of hydrogen-bond donors (Lipinski definition) is 2. The minimum absolute atomic E-state index is 0.179. The summed E-state index contributed by atoms with van der Waals surface area (Å²) in [5.41, 5.74) is 6.36. The number of rotatable bonds is 6. The molecule has 0 heterocycles. The van der Waals surface area contributed by atoms with Gasteiger partial charge in [-0.3, -0.25) is 0 Å². The van der Waals surface area contributed by atoms with Crippen LogP contribution in [0.15, 0.2) is 27.6 Å². The molecule has 0 saturated heterocycles. The molecule has 0 aliphatic heterocycles. The van der Waals surface area contributed by atoms with Crippen LogP contribution in [0.2, 0.25) is 0 Å². The minimum atomic E-state index is -3.54. The number of methoxy groups -OCH3 is 1. The molecule has 0 bridgehead atoms. The largest absolute Gasteiger partial charge is 0.380 e. The first kappa shape index (κ1) is 15.6. The van der Waals surface area contributed by atoms with Crippen LogP contribution < -0.4 is 10.5 Å². The quantitative estimate of drug-likeness (QED) is 0.818. The third-order valence-electron chi connectivity index (χ3n) is 2.48. The molecular formula is C11H17BrN2O3S. The van der Waals surface area contributed by atoms with Gasteiger partial charge in [0.25, 0.3) is 0 Å². The van der Waals surface area contributed by atoms with Crippen molar-refractivity contribution in [1.29, 1.82) is 0 Å². The Morgan fingerprint density at radius 3 is 2.67 bits per heavy atom. The molecule has 7 heteroatoms. The maximum absolute atomic E-state index is 12.0. The lowest BCUT2D eigenvalue weighted by Gasteiger charge is -2.12. The molecule has 0 saturated carbocycles. The molecule has 1 aromatic carbocycles. The number of halogens is 1. The minimum Gasteiger partial charge on any atom is -0.380 e. The zero-order valence-electron chi connectivity index (χ0n) is 10.3. The van der Waals surface area contributed by atoms with Gasteiger partial charge in [0.2, 0.25) is 10.0 Å². The highest BCUT2D eigenvalue weighted by atomic mass is 79.9. The number of nitrogens with two attached hydrogens (primary N) is 1. The molecule has 0 aliphatic rings. The van der Waals surface area contributed by atoms with Gasteiger partial charge in [0, 0.05) is 24.7 Å². The van der Waals surface area contributed by atoms with E-state index in [9.17, 15) is 8.42 Å². The van der Waals surface area contributed by atoms with Crippen LogP contribution in [0.25, 0.3) is 0 Å². The molecule has 18 heavy (non-hydrogen) atoms. The summed E-state index contributed by atoms with van der Waals surface area (Å²) in [6.45, 7) is 2.38. The monoisotopic (exact) mass is 336 g/mol. The highest BCUT2D eigenvalue weighted by molar-refractivity contribution is 9.10. The molecular weight excluding hydrogens is 320 g/mol. The zero-order valence-corrected chi connectivity index (χ0v) is 12.7. The smallest absolute Gasteiger partial charge is 0.241 e. The lowest BCUT2D eigenvalue weighted by atomic mass is 10.2. The molecule has 3 N–H and O–H groups in total. The van der Waals surface area contributed by atoms with Crippen molar-refractivity contribution in [2.24, 2.45) is 5.73 Å². The van der Waals surface area contributed by atoms with Gasteiger partial charge in [-0.15, -0.1) is 0 Å². The molecule has 0 radical (unpaired) electrons. The molecule has 1 aromatic rings. The van der Waals surface area contributed by atoms with Crippen LogP contribution in [0.3, 0.4) is 0 Å². The van der Waals surface area contributed by atoms with Gasteiger partial charge in [-0.1, -0.05) is 6.07 Å². The maximum atomic E-state index is 12.0. The molecule has 0 fully saturated rings. The molecule has 1 rings (SSSR count). The number of hydrogen-bond acceptors (Lipinski definition) is 4. The Labute approximate surface area is 116 Å². The van der Waals surface area contributed by atoms with Crippen molar-refractivity contribution in [1.82, 2.24) is 4.72 Å². The topological polar surface area (TPSA) is 81.4 Å². The predicted molar refractivity (Wildman–Crippen MR) is 73.7 cm³/mol. The van der Waals surface area contributed by atoms with E-state index < -0.39 is 10.0 Å². The van der Waals surface area contributed by atoms with Crippen LogP contribution >= 0.6 is 15.9 Å². The fourth-order valence-corrected chi connectivity index (χ4v) is 3.52. The predicted octanol–water partition coefficient (Wildman–Crippen LogP) is 1.22. The number of nitrogens with one attached hydrogen (secondary N) is 1. The summed E-state index contributed by atoms with van der Waals surface area (Å²) in [7, 11) is -2.01. The summed E-state index contributed by atoms with van der Waals surface area (Å²) in [5.74, 6) is 0. The molecule has 0 aromatic heterocycles. The Balaban J connectivity index is 2.91. The van der Waals surface area contributed by atoms with Gasteiger partial charge in [-0.25, -0.2) is 13.1 Å². The second-order valence-electron chi connectivity index (χ2n) is 3.87. The Hall–Kier alpha value is -0.470. The van der Waals surface area contributed by atoms with Crippen molar-refractivity contribution in [3.05, 3.63) is 28.2 Å². The van der Waals surface area contributed by atoms with E-state index in [0.717, 1.165) is 5.56 Å². The first-order valence-electron chi connectivity index (χ1n) is 5.41. The van der Waals surface area contributed by atoms with E-state index in [1.165, 1.54) is 13.2 Å². The molecule has 0 spiro atoms. The summed E-state index contributed by atoms with van der Waals surface area (Å²) in [5, 5.41) is 0. The van der Waals surface area contributed by atoms with Crippen molar-refractivity contribution >= 4 is 26.0 Å². The fraction of sp³-hybridized carbons (Fsp3) is 0.455. The molecule has 1 unspecified atom stereocenters. The summed E-state index contributed by atoms with van der Waals surface area (Å²) in [6, 6.07) is 4.93.